The number of nitrogens with one attached hydrogen (secondary N) is 1. The van der Waals surface area contributed by atoms with E-state index in [-0.39, 0.29) is 18.6 Å². The Morgan fingerprint density at radius 2 is 2.19 bits per heavy atom. The van der Waals surface area contributed by atoms with Gasteiger partial charge in [0.25, 0.3) is 5.91 Å². The van der Waals surface area contributed by atoms with Gasteiger partial charge in [-0.05, 0) is 49.3 Å². The van der Waals surface area contributed by atoms with Crippen LogP contribution in [-0.2, 0) is 11.2 Å². The van der Waals surface area contributed by atoms with Crippen LogP contribution in [0, 0.1) is 0 Å². The van der Waals surface area contributed by atoms with E-state index < -0.39 is 6.10 Å². The number of fused-ring (bicyclic) bond motifs is 1. The summed E-state index contributed by atoms with van der Waals surface area (Å²) in [4.78, 5) is 11.9. The molecular weight excluding hydrogens is 266 g/mol. The minimum Gasteiger partial charge on any atom is -0.483 e. The zero-order valence-electron chi connectivity index (χ0n) is 12.9. The largest absolute Gasteiger partial charge is 0.483 e. The van der Waals surface area contributed by atoms with Crippen LogP contribution in [0.1, 0.15) is 56.8 Å². The van der Waals surface area contributed by atoms with Gasteiger partial charge in [-0.25, -0.2) is 0 Å². The van der Waals surface area contributed by atoms with Gasteiger partial charge in [-0.2, -0.15) is 0 Å². The van der Waals surface area contributed by atoms with E-state index in [4.69, 9.17) is 4.74 Å². The van der Waals surface area contributed by atoms with Crippen molar-refractivity contribution in [3.63, 3.8) is 0 Å². The minimum atomic E-state index is -0.407. The molecule has 1 unspecified atom stereocenters. The predicted molar refractivity (Wildman–Crippen MR) is 82.3 cm³/mol. The first kappa shape index (κ1) is 15.8. The van der Waals surface area contributed by atoms with Gasteiger partial charge in [0.1, 0.15) is 5.75 Å². The number of carbonyl (C=O) groups is 1. The van der Waals surface area contributed by atoms with Crippen molar-refractivity contribution in [3.05, 3.63) is 29.3 Å². The van der Waals surface area contributed by atoms with E-state index in [1.165, 1.54) is 0 Å². The quantitative estimate of drug-likeness (QED) is 0.847. The van der Waals surface area contributed by atoms with Gasteiger partial charge in [-0.3, -0.25) is 4.79 Å². The molecule has 0 fully saturated rings. The highest BCUT2D eigenvalue weighted by molar-refractivity contribution is 5.77. The lowest BCUT2D eigenvalue weighted by Gasteiger charge is -2.23. The Morgan fingerprint density at radius 3 is 2.90 bits per heavy atom. The second-order valence-electron chi connectivity index (χ2n) is 5.60. The molecule has 0 aromatic heterocycles. The predicted octanol–water partition coefficient (Wildman–Crippen LogP) is 2.74. The van der Waals surface area contributed by atoms with Crippen molar-refractivity contribution >= 4 is 5.91 Å². The zero-order valence-corrected chi connectivity index (χ0v) is 12.9. The third-order valence-corrected chi connectivity index (χ3v) is 4.14. The van der Waals surface area contributed by atoms with E-state index in [2.05, 4.69) is 19.2 Å². The molecule has 2 N–H and O–H groups in total. The molecule has 0 bridgehead atoms. The first-order valence-corrected chi connectivity index (χ1v) is 7.87. The molecule has 21 heavy (non-hydrogen) atoms. The summed E-state index contributed by atoms with van der Waals surface area (Å²) < 4.78 is 5.68. The van der Waals surface area contributed by atoms with Gasteiger partial charge in [0, 0.05) is 6.04 Å². The third kappa shape index (κ3) is 3.97. The van der Waals surface area contributed by atoms with E-state index in [1.54, 1.807) is 0 Å². The van der Waals surface area contributed by atoms with Gasteiger partial charge in [-0.15, -0.1) is 0 Å². The Kier molecular flexibility index (Phi) is 5.62. The van der Waals surface area contributed by atoms with E-state index in [0.29, 0.717) is 0 Å². The first-order valence-electron chi connectivity index (χ1n) is 7.87. The SMILES string of the molecule is CCC(CC)NC(=O)COc1cccc2c1CCCC2O. The highest BCUT2D eigenvalue weighted by atomic mass is 16.5. The van der Waals surface area contributed by atoms with Crippen LogP contribution in [0.2, 0.25) is 0 Å². The maximum atomic E-state index is 11.9. The normalized spacial score (nSPS) is 17.4. The monoisotopic (exact) mass is 291 g/mol. The van der Waals surface area contributed by atoms with Gasteiger partial charge in [0.2, 0.25) is 0 Å². The van der Waals surface area contributed by atoms with E-state index >= 15 is 0 Å². The molecule has 1 aromatic carbocycles. The molecule has 1 atom stereocenters. The summed E-state index contributed by atoms with van der Waals surface area (Å²) in [5, 5.41) is 13.0. The van der Waals surface area contributed by atoms with E-state index in [0.717, 1.165) is 49.0 Å². The standard InChI is InChI=1S/C17H25NO3/c1-3-12(4-2)18-17(20)11-21-16-10-6-7-13-14(16)8-5-9-15(13)19/h6-7,10,12,15,19H,3-5,8-9,11H2,1-2H3,(H,18,20). The number of carbonyl (C=O) groups excluding carboxylic acids is 1. The number of ether oxygens (including phenoxy) is 1. The van der Waals surface area contributed by atoms with Gasteiger partial charge in [-0.1, -0.05) is 26.0 Å². The molecular formula is C17H25NO3. The highest BCUT2D eigenvalue weighted by Crippen LogP contribution is 2.35. The topological polar surface area (TPSA) is 58.6 Å². The van der Waals surface area contributed by atoms with Crippen LogP contribution in [0.4, 0.5) is 0 Å². The molecule has 0 spiro atoms. The second kappa shape index (κ2) is 7.46. The number of aliphatic hydroxyl groups is 1. The summed E-state index contributed by atoms with van der Waals surface area (Å²) in [7, 11) is 0. The smallest absolute Gasteiger partial charge is 0.258 e. The summed E-state index contributed by atoms with van der Waals surface area (Å²) in [6, 6.07) is 5.91. The summed E-state index contributed by atoms with van der Waals surface area (Å²) in [6.07, 6.45) is 4.09. The minimum absolute atomic E-state index is 0.0308. The third-order valence-electron chi connectivity index (χ3n) is 4.14. The molecule has 4 nitrogen and oxygen atoms in total. The maximum absolute atomic E-state index is 11.9. The van der Waals surface area contributed by atoms with E-state index in [1.807, 2.05) is 18.2 Å². The summed E-state index contributed by atoms with van der Waals surface area (Å²) >= 11 is 0. The molecule has 1 aromatic rings. The lowest BCUT2D eigenvalue weighted by molar-refractivity contribution is -0.123. The average Bonchev–Trinajstić information content (AvgIpc) is 2.51. The summed E-state index contributed by atoms with van der Waals surface area (Å²) in [6.45, 7) is 4.15. The van der Waals surface area contributed by atoms with Crippen LogP contribution < -0.4 is 10.1 Å². The van der Waals surface area contributed by atoms with Crippen molar-refractivity contribution in [2.75, 3.05) is 6.61 Å². The number of hydrogen-bond donors (Lipinski definition) is 2. The Hall–Kier alpha value is -1.55. The number of rotatable bonds is 6. The van der Waals surface area contributed by atoms with Crippen LogP contribution in [0.25, 0.3) is 0 Å². The van der Waals surface area contributed by atoms with Gasteiger partial charge in [0.05, 0.1) is 6.10 Å². The first-order chi connectivity index (χ1) is 10.2. The molecule has 116 valence electrons. The van der Waals surface area contributed by atoms with Crippen molar-refractivity contribution in [2.24, 2.45) is 0 Å². The summed E-state index contributed by atoms with van der Waals surface area (Å²) in [5.74, 6) is 0.642. The number of hydrogen-bond acceptors (Lipinski definition) is 3. The van der Waals surface area contributed by atoms with Gasteiger partial charge in [0.15, 0.2) is 6.61 Å². The molecule has 1 aliphatic rings. The zero-order chi connectivity index (χ0) is 15.2. The van der Waals surface area contributed by atoms with E-state index in [9.17, 15) is 9.90 Å². The van der Waals surface area contributed by atoms with Crippen molar-refractivity contribution in [1.29, 1.82) is 0 Å². The molecule has 0 heterocycles. The van der Waals surface area contributed by atoms with Crippen LogP contribution in [-0.4, -0.2) is 23.7 Å². The Bertz CT molecular complexity index is 483. The van der Waals surface area contributed by atoms with Crippen molar-refractivity contribution in [3.8, 4) is 5.75 Å². The highest BCUT2D eigenvalue weighted by Gasteiger charge is 2.21. The lowest BCUT2D eigenvalue weighted by Crippen LogP contribution is -2.37. The number of aliphatic hydroxyl groups excluding tert-OH is 1. The van der Waals surface area contributed by atoms with Gasteiger partial charge < -0.3 is 15.2 Å². The van der Waals surface area contributed by atoms with Crippen LogP contribution in [0.15, 0.2) is 18.2 Å². The molecule has 1 amide bonds. The molecule has 0 radical (unpaired) electrons. The van der Waals surface area contributed by atoms with Crippen LogP contribution >= 0.6 is 0 Å². The lowest BCUT2D eigenvalue weighted by atomic mass is 9.89. The van der Waals surface area contributed by atoms with Crippen molar-refractivity contribution in [1.82, 2.24) is 5.32 Å². The average molecular weight is 291 g/mol. The van der Waals surface area contributed by atoms with Crippen molar-refractivity contribution in [2.45, 2.75) is 58.1 Å². The van der Waals surface area contributed by atoms with Crippen LogP contribution in [0.5, 0.6) is 5.75 Å². The Labute approximate surface area is 126 Å². The molecule has 1 aliphatic carbocycles. The molecule has 2 rings (SSSR count). The van der Waals surface area contributed by atoms with Crippen molar-refractivity contribution < 1.29 is 14.6 Å². The van der Waals surface area contributed by atoms with Gasteiger partial charge >= 0.3 is 0 Å². The fourth-order valence-electron chi connectivity index (χ4n) is 2.83. The fraction of sp³-hybridized carbons (Fsp3) is 0.588. The number of amides is 1. The fourth-order valence-corrected chi connectivity index (χ4v) is 2.83. The Balaban J connectivity index is 1.98. The summed E-state index contributed by atoms with van der Waals surface area (Å²) in [5.41, 5.74) is 1.99. The maximum Gasteiger partial charge on any atom is 0.258 e. The molecule has 0 aliphatic heterocycles. The second-order valence-corrected chi connectivity index (χ2v) is 5.60. The molecule has 0 saturated carbocycles. The molecule has 4 heteroatoms. The van der Waals surface area contributed by atoms with Crippen LogP contribution in [0.3, 0.4) is 0 Å². The Morgan fingerprint density at radius 1 is 1.43 bits per heavy atom. The molecule has 0 saturated heterocycles. The number of benzene rings is 1.